The van der Waals surface area contributed by atoms with Gasteiger partial charge >= 0.3 is 6.03 Å². The lowest BCUT2D eigenvalue weighted by molar-refractivity contribution is -0.126. The summed E-state index contributed by atoms with van der Waals surface area (Å²) in [5, 5.41) is 11.2. The summed E-state index contributed by atoms with van der Waals surface area (Å²) < 4.78 is 7.22. The second-order valence-corrected chi connectivity index (χ2v) is 6.89. The van der Waals surface area contributed by atoms with Gasteiger partial charge in [0, 0.05) is 19.6 Å². The Bertz CT molecular complexity index is 813. The normalized spacial score (nSPS) is 15.3. The number of hydrogen-bond donors (Lipinski definition) is 1. The van der Waals surface area contributed by atoms with Crippen molar-refractivity contribution >= 4 is 23.7 Å². The zero-order valence-corrected chi connectivity index (χ0v) is 14.9. The van der Waals surface area contributed by atoms with Crippen LogP contribution >= 0.6 is 11.8 Å². The molecular formula is C16H19N5O3S. The molecule has 1 N–H and O–H groups in total. The highest BCUT2D eigenvalue weighted by molar-refractivity contribution is 8.00. The van der Waals surface area contributed by atoms with E-state index in [0.29, 0.717) is 30.6 Å². The third kappa shape index (κ3) is 3.32. The summed E-state index contributed by atoms with van der Waals surface area (Å²) in [4.78, 5) is 25.4. The number of rotatable bonds is 6. The van der Waals surface area contributed by atoms with Crippen LogP contribution in [0, 0.1) is 6.92 Å². The molecule has 0 aliphatic carbocycles. The SMILES string of the molecule is C=CCn1c(S[C@H](C)C(=O)N2CCNC2=O)nnc1-c1ccoc1C. The molecule has 0 unspecified atom stereocenters. The van der Waals surface area contributed by atoms with Crippen molar-refractivity contribution in [1.82, 2.24) is 25.0 Å². The third-order valence-electron chi connectivity index (χ3n) is 3.88. The smallest absolute Gasteiger partial charge is 0.324 e. The van der Waals surface area contributed by atoms with E-state index in [0.717, 1.165) is 11.3 Å². The van der Waals surface area contributed by atoms with Gasteiger partial charge in [-0.05, 0) is 19.9 Å². The summed E-state index contributed by atoms with van der Waals surface area (Å²) in [5.74, 6) is 1.16. The summed E-state index contributed by atoms with van der Waals surface area (Å²) in [6, 6.07) is 1.48. The fourth-order valence-corrected chi connectivity index (χ4v) is 3.52. The lowest BCUT2D eigenvalue weighted by Crippen LogP contribution is -2.39. The van der Waals surface area contributed by atoms with Crippen molar-refractivity contribution in [3.05, 3.63) is 30.7 Å². The van der Waals surface area contributed by atoms with Crippen LogP contribution in [0.15, 0.2) is 34.6 Å². The average molecular weight is 361 g/mol. The van der Waals surface area contributed by atoms with Gasteiger partial charge in [-0.1, -0.05) is 17.8 Å². The Kier molecular flexibility index (Phi) is 4.93. The minimum Gasteiger partial charge on any atom is -0.469 e. The topological polar surface area (TPSA) is 93.3 Å². The number of thioether (sulfide) groups is 1. The number of furan rings is 1. The molecule has 25 heavy (non-hydrogen) atoms. The minimum absolute atomic E-state index is 0.241. The number of aryl methyl sites for hydroxylation is 1. The van der Waals surface area contributed by atoms with Crippen LogP contribution in [0.4, 0.5) is 4.79 Å². The maximum atomic E-state index is 12.5. The van der Waals surface area contributed by atoms with Gasteiger partial charge in [-0.15, -0.1) is 16.8 Å². The summed E-state index contributed by atoms with van der Waals surface area (Å²) in [6.45, 7) is 8.76. The number of nitrogens with one attached hydrogen (secondary N) is 1. The number of urea groups is 1. The second kappa shape index (κ2) is 7.14. The Morgan fingerprint density at radius 2 is 2.36 bits per heavy atom. The van der Waals surface area contributed by atoms with E-state index in [1.54, 1.807) is 19.3 Å². The van der Waals surface area contributed by atoms with Crippen LogP contribution in [0.1, 0.15) is 12.7 Å². The summed E-state index contributed by atoms with van der Waals surface area (Å²) in [6.07, 6.45) is 3.34. The highest BCUT2D eigenvalue weighted by Crippen LogP contribution is 2.29. The maximum Gasteiger partial charge on any atom is 0.324 e. The minimum atomic E-state index is -0.463. The van der Waals surface area contributed by atoms with Crippen LogP contribution < -0.4 is 5.32 Å². The Balaban J connectivity index is 1.83. The lowest BCUT2D eigenvalue weighted by atomic mass is 10.2. The molecule has 1 fully saturated rings. The fraction of sp³-hybridized carbons (Fsp3) is 0.375. The zero-order valence-electron chi connectivity index (χ0n) is 14.1. The van der Waals surface area contributed by atoms with Gasteiger partial charge in [0.05, 0.1) is 17.1 Å². The van der Waals surface area contributed by atoms with Crippen molar-refractivity contribution in [3.63, 3.8) is 0 Å². The summed E-state index contributed by atoms with van der Waals surface area (Å²) in [5.41, 5.74) is 0.846. The van der Waals surface area contributed by atoms with Gasteiger partial charge in [-0.3, -0.25) is 14.3 Å². The first-order chi connectivity index (χ1) is 12.0. The van der Waals surface area contributed by atoms with Crippen molar-refractivity contribution in [2.45, 2.75) is 30.8 Å². The molecule has 1 aliphatic heterocycles. The molecule has 1 saturated heterocycles. The largest absolute Gasteiger partial charge is 0.469 e. The van der Waals surface area contributed by atoms with Crippen LogP contribution in [-0.4, -0.2) is 49.9 Å². The number of hydrogen-bond acceptors (Lipinski definition) is 6. The van der Waals surface area contributed by atoms with Gasteiger partial charge < -0.3 is 9.73 Å². The predicted molar refractivity (Wildman–Crippen MR) is 93.1 cm³/mol. The number of carbonyl (C=O) groups is 2. The predicted octanol–water partition coefficient (Wildman–Crippen LogP) is 2.06. The molecule has 3 heterocycles. The first kappa shape index (κ1) is 17.3. The van der Waals surface area contributed by atoms with Crippen molar-refractivity contribution in [3.8, 4) is 11.4 Å². The highest BCUT2D eigenvalue weighted by atomic mass is 32.2. The first-order valence-electron chi connectivity index (χ1n) is 7.87. The molecule has 1 atom stereocenters. The molecule has 8 nitrogen and oxygen atoms in total. The first-order valence-corrected chi connectivity index (χ1v) is 8.75. The van der Waals surface area contributed by atoms with Gasteiger partial charge in [0.15, 0.2) is 11.0 Å². The molecule has 3 rings (SSSR count). The van der Waals surface area contributed by atoms with Crippen LogP contribution in [0.2, 0.25) is 0 Å². The zero-order chi connectivity index (χ0) is 18.0. The highest BCUT2D eigenvalue weighted by Gasteiger charge is 2.31. The molecule has 0 spiro atoms. The van der Waals surface area contributed by atoms with Gasteiger partial charge in [-0.2, -0.15) is 0 Å². The monoisotopic (exact) mass is 361 g/mol. The number of aromatic nitrogens is 3. The number of amides is 3. The van der Waals surface area contributed by atoms with E-state index in [4.69, 9.17) is 4.42 Å². The fourth-order valence-electron chi connectivity index (χ4n) is 2.60. The van der Waals surface area contributed by atoms with Crippen molar-refractivity contribution in [1.29, 1.82) is 0 Å². The van der Waals surface area contributed by atoms with E-state index in [2.05, 4.69) is 22.1 Å². The molecule has 0 aromatic carbocycles. The third-order valence-corrected chi connectivity index (χ3v) is 4.95. The average Bonchev–Trinajstić information content (AvgIpc) is 3.29. The Morgan fingerprint density at radius 1 is 1.56 bits per heavy atom. The molecule has 9 heteroatoms. The van der Waals surface area contributed by atoms with E-state index in [9.17, 15) is 9.59 Å². The second-order valence-electron chi connectivity index (χ2n) is 5.58. The van der Waals surface area contributed by atoms with Crippen LogP contribution in [0.5, 0.6) is 0 Å². The van der Waals surface area contributed by atoms with Crippen LogP contribution in [0.3, 0.4) is 0 Å². The quantitative estimate of drug-likeness (QED) is 0.625. The van der Waals surface area contributed by atoms with Crippen molar-refractivity contribution in [2.24, 2.45) is 0 Å². The van der Waals surface area contributed by atoms with Gasteiger partial charge in [0.2, 0.25) is 5.91 Å². The van der Waals surface area contributed by atoms with E-state index in [1.807, 2.05) is 17.6 Å². The van der Waals surface area contributed by atoms with E-state index >= 15 is 0 Å². The molecular weight excluding hydrogens is 342 g/mol. The molecule has 0 radical (unpaired) electrons. The van der Waals surface area contributed by atoms with Gasteiger partial charge in [0.25, 0.3) is 0 Å². The molecule has 132 valence electrons. The standard InChI is InChI=1S/C16H19N5O3S/c1-4-7-20-13(12-5-9-24-10(12)2)18-19-16(20)25-11(3)14(22)21-8-6-17-15(21)23/h4-5,9,11H,1,6-8H2,2-3H3,(H,17,23)/t11-/m1/s1. The van der Waals surface area contributed by atoms with Crippen LogP contribution in [0.25, 0.3) is 11.4 Å². The van der Waals surface area contributed by atoms with E-state index in [1.165, 1.54) is 16.7 Å². The van der Waals surface area contributed by atoms with E-state index < -0.39 is 5.25 Å². The molecule has 2 aromatic heterocycles. The Labute approximate surface area is 149 Å². The molecule has 3 amide bonds. The van der Waals surface area contributed by atoms with Crippen molar-refractivity contribution in [2.75, 3.05) is 13.1 Å². The van der Waals surface area contributed by atoms with E-state index in [-0.39, 0.29) is 11.9 Å². The molecule has 2 aromatic rings. The number of carbonyl (C=O) groups excluding carboxylic acids is 2. The molecule has 0 saturated carbocycles. The van der Waals surface area contributed by atoms with Crippen molar-refractivity contribution < 1.29 is 14.0 Å². The summed E-state index contributed by atoms with van der Waals surface area (Å²) >= 11 is 1.27. The number of nitrogens with zero attached hydrogens (tertiary/aromatic N) is 4. The van der Waals surface area contributed by atoms with Gasteiger partial charge in [0.1, 0.15) is 5.76 Å². The lowest BCUT2D eigenvalue weighted by Gasteiger charge is -2.17. The van der Waals surface area contributed by atoms with Crippen LogP contribution in [-0.2, 0) is 11.3 Å². The molecule has 0 bridgehead atoms. The number of allylic oxidation sites excluding steroid dienone is 1. The number of imide groups is 1. The molecule has 1 aliphatic rings. The Hall–Kier alpha value is -2.55. The maximum absolute atomic E-state index is 12.5. The van der Waals surface area contributed by atoms with Gasteiger partial charge in [-0.25, -0.2) is 4.79 Å². The Morgan fingerprint density at radius 3 is 2.96 bits per heavy atom. The summed E-state index contributed by atoms with van der Waals surface area (Å²) in [7, 11) is 0.